The number of aryl methyl sites for hydroxylation is 1. The second kappa shape index (κ2) is 5.72. The molecule has 1 aromatic heterocycles. The SMILES string of the molecule is C=CC(=O)N1CC2(CC2)C[C@@H]1C(=O)NCc1nc2ccccc2n1C. The molecule has 130 valence electrons. The van der Waals surface area contributed by atoms with E-state index in [2.05, 4.69) is 16.9 Å². The second-order valence-corrected chi connectivity index (χ2v) is 7.18. The van der Waals surface area contributed by atoms with Crippen LogP contribution in [0.5, 0.6) is 0 Å². The smallest absolute Gasteiger partial charge is 0.246 e. The van der Waals surface area contributed by atoms with Crippen molar-refractivity contribution in [3.05, 3.63) is 42.7 Å². The van der Waals surface area contributed by atoms with Crippen LogP contribution in [0.4, 0.5) is 0 Å². The van der Waals surface area contributed by atoms with Crippen LogP contribution in [0.15, 0.2) is 36.9 Å². The number of hydrogen-bond acceptors (Lipinski definition) is 3. The lowest BCUT2D eigenvalue weighted by atomic mass is 10.0. The van der Waals surface area contributed by atoms with E-state index in [-0.39, 0.29) is 17.2 Å². The number of nitrogens with one attached hydrogen (secondary N) is 1. The molecule has 0 bridgehead atoms. The number of likely N-dealkylation sites (tertiary alicyclic amines) is 1. The van der Waals surface area contributed by atoms with E-state index in [0.29, 0.717) is 13.1 Å². The summed E-state index contributed by atoms with van der Waals surface area (Å²) in [5.41, 5.74) is 2.11. The minimum Gasteiger partial charge on any atom is -0.347 e. The van der Waals surface area contributed by atoms with Crippen molar-refractivity contribution in [1.82, 2.24) is 19.8 Å². The van der Waals surface area contributed by atoms with Gasteiger partial charge < -0.3 is 14.8 Å². The van der Waals surface area contributed by atoms with E-state index < -0.39 is 6.04 Å². The largest absolute Gasteiger partial charge is 0.347 e. The number of carbonyl (C=O) groups excluding carboxylic acids is 2. The van der Waals surface area contributed by atoms with Crippen molar-refractivity contribution in [2.45, 2.75) is 31.8 Å². The molecule has 0 radical (unpaired) electrons. The normalized spacial score (nSPS) is 20.8. The first-order valence-electron chi connectivity index (χ1n) is 8.64. The Morgan fingerprint density at radius 3 is 2.84 bits per heavy atom. The Kier molecular flexibility index (Phi) is 3.63. The van der Waals surface area contributed by atoms with Crippen LogP contribution in [0, 0.1) is 5.41 Å². The minimum atomic E-state index is -0.400. The highest BCUT2D eigenvalue weighted by atomic mass is 16.2. The van der Waals surface area contributed by atoms with Gasteiger partial charge in [0.15, 0.2) is 0 Å². The number of nitrogens with zero attached hydrogens (tertiary/aromatic N) is 3. The summed E-state index contributed by atoms with van der Waals surface area (Å²) < 4.78 is 1.99. The molecule has 1 aliphatic carbocycles. The van der Waals surface area contributed by atoms with Crippen LogP contribution in [0.2, 0.25) is 0 Å². The molecular weight excluding hydrogens is 316 g/mol. The van der Waals surface area contributed by atoms with Gasteiger partial charge in [-0.15, -0.1) is 0 Å². The number of hydrogen-bond donors (Lipinski definition) is 1. The first kappa shape index (κ1) is 15.9. The Morgan fingerprint density at radius 1 is 1.40 bits per heavy atom. The van der Waals surface area contributed by atoms with Crippen LogP contribution in [0.25, 0.3) is 11.0 Å². The third-order valence-corrected chi connectivity index (χ3v) is 5.53. The summed E-state index contributed by atoms with van der Waals surface area (Å²) in [6.45, 7) is 4.58. The lowest BCUT2D eigenvalue weighted by Crippen LogP contribution is -2.45. The van der Waals surface area contributed by atoms with Crippen molar-refractivity contribution in [1.29, 1.82) is 0 Å². The highest BCUT2D eigenvalue weighted by Crippen LogP contribution is 2.54. The molecule has 2 fully saturated rings. The Morgan fingerprint density at radius 2 is 2.16 bits per heavy atom. The highest BCUT2D eigenvalue weighted by molar-refractivity contribution is 5.93. The van der Waals surface area contributed by atoms with Gasteiger partial charge in [-0.25, -0.2) is 4.98 Å². The predicted molar refractivity (Wildman–Crippen MR) is 94.5 cm³/mol. The van der Waals surface area contributed by atoms with Gasteiger partial charge in [-0.2, -0.15) is 0 Å². The van der Waals surface area contributed by atoms with Crippen LogP contribution >= 0.6 is 0 Å². The molecule has 6 heteroatoms. The van der Waals surface area contributed by atoms with Gasteiger partial charge in [0.1, 0.15) is 11.9 Å². The molecule has 2 aliphatic rings. The average Bonchev–Trinajstić information content (AvgIpc) is 3.15. The van der Waals surface area contributed by atoms with E-state index in [1.165, 1.54) is 6.08 Å². The van der Waals surface area contributed by atoms with Gasteiger partial charge in [0.25, 0.3) is 0 Å². The molecule has 1 aromatic carbocycles. The number of amides is 2. The highest BCUT2D eigenvalue weighted by Gasteiger charge is 2.54. The average molecular weight is 338 g/mol. The Hall–Kier alpha value is -2.63. The maximum atomic E-state index is 12.7. The van der Waals surface area contributed by atoms with Crippen LogP contribution in [-0.4, -0.2) is 38.9 Å². The van der Waals surface area contributed by atoms with Crippen LogP contribution in [0.1, 0.15) is 25.1 Å². The third-order valence-electron chi connectivity index (χ3n) is 5.53. The maximum absolute atomic E-state index is 12.7. The zero-order valence-electron chi connectivity index (χ0n) is 14.4. The first-order valence-corrected chi connectivity index (χ1v) is 8.64. The van der Waals surface area contributed by atoms with E-state index >= 15 is 0 Å². The van der Waals surface area contributed by atoms with Crippen LogP contribution in [0.3, 0.4) is 0 Å². The topological polar surface area (TPSA) is 67.2 Å². The van der Waals surface area contributed by atoms with Gasteiger partial charge in [0.2, 0.25) is 11.8 Å². The van der Waals surface area contributed by atoms with Gasteiger partial charge in [-0.05, 0) is 42.9 Å². The van der Waals surface area contributed by atoms with Gasteiger partial charge in [0, 0.05) is 13.6 Å². The van der Waals surface area contributed by atoms with Crippen molar-refractivity contribution in [2.24, 2.45) is 12.5 Å². The molecule has 1 atom stereocenters. The van der Waals surface area contributed by atoms with Crippen LogP contribution in [-0.2, 0) is 23.2 Å². The number of aromatic nitrogens is 2. The summed E-state index contributed by atoms with van der Waals surface area (Å²) in [4.78, 5) is 31.1. The Labute approximate surface area is 146 Å². The van der Waals surface area contributed by atoms with Gasteiger partial charge >= 0.3 is 0 Å². The molecule has 25 heavy (non-hydrogen) atoms. The molecular formula is C19H22N4O2. The molecule has 4 rings (SSSR count). The van der Waals surface area contributed by atoms with E-state index in [0.717, 1.165) is 36.1 Å². The molecule has 1 saturated heterocycles. The monoisotopic (exact) mass is 338 g/mol. The molecule has 0 unspecified atom stereocenters. The zero-order chi connectivity index (χ0) is 17.6. The van der Waals surface area contributed by atoms with Crippen molar-refractivity contribution >= 4 is 22.8 Å². The molecule has 2 amide bonds. The third kappa shape index (κ3) is 2.71. The first-order chi connectivity index (χ1) is 12.0. The second-order valence-electron chi connectivity index (χ2n) is 7.18. The van der Waals surface area contributed by atoms with Crippen molar-refractivity contribution in [3.63, 3.8) is 0 Å². The summed E-state index contributed by atoms with van der Waals surface area (Å²) in [7, 11) is 1.94. The standard InChI is InChI=1S/C19H22N4O2/c1-3-17(24)23-12-19(8-9-19)10-15(23)18(25)20-11-16-21-13-6-4-5-7-14(13)22(16)2/h3-7,15H,1,8-12H2,2H3,(H,20,25)/t15-/m1/s1. The van der Waals surface area contributed by atoms with E-state index in [1.54, 1.807) is 4.90 Å². The lowest BCUT2D eigenvalue weighted by Gasteiger charge is -2.22. The molecule has 2 heterocycles. The van der Waals surface area contributed by atoms with Gasteiger partial charge in [-0.3, -0.25) is 9.59 Å². The number of benzene rings is 1. The summed E-state index contributed by atoms with van der Waals surface area (Å²) >= 11 is 0. The van der Waals surface area contributed by atoms with E-state index in [1.807, 2.05) is 35.9 Å². The number of para-hydroxylation sites is 2. The quantitative estimate of drug-likeness (QED) is 0.864. The molecule has 2 aromatic rings. The Balaban J connectivity index is 1.48. The minimum absolute atomic E-state index is 0.106. The number of fused-ring (bicyclic) bond motifs is 1. The lowest BCUT2D eigenvalue weighted by molar-refractivity contribution is -0.135. The summed E-state index contributed by atoms with van der Waals surface area (Å²) in [5, 5.41) is 2.97. The van der Waals surface area contributed by atoms with Gasteiger partial charge in [0.05, 0.1) is 17.6 Å². The fourth-order valence-corrected chi connectivity index (χ4v) is 3.82. The summed E-state index contributed by atoms with van der Waals surface area (Å²) in [6, 6.07) is 7.48. The number of rotatable bonds is 4. The molecule has 1 saturated carbocycles. The zero-order valence-corrected chi connectivity index (χ0v) is 14.4. The number of imidazole rings is 1. The van der Waals surface area contributed by atoms with Crippen molar-refractivity contribution in [3.8, 4) is 0 Å². The molecule has 1 N–H and O–H groups in total. The summed E-state index contributed by atoms with van der Waals surface area (Å²) in [6.07, 6.45) is 4.25. The molecule has 1 aliphatic heterocycles. The fraction of sp³-hybridized carbons (Fsp3) is 0.421. The summed E-state index contributed by atoms with van der Waals surface area (Å²) in [5.74, 6) is 0.535. The van der Waals surface area contributed by atoms with Crippen LogP contribution < -0.4 is 5.32 Å². The maximum Gasteiger partial charge on any atom is 0.246 e. The predicted octanol–water partition coefficient (Wildman–Crippen LogP) is 1.76. The van der Waals surface area contributed by atoms with E-state index in [9.17, 15) is 9.59 Å². The number of carbonyl (C=O) groups is 2. The van der Waals surface area contributed by atoms with E-state index in [4.69, 9.17) is 0 Å². The Bertz CT molecular complexity index is 865. The van der Waals surface area contributed by atoms with Crippen molar-refractivity contribution in [2.75, 3.05) is 6.54 Å². The fourth-order valence-electron chi connectivity index (χ4n) is 3.82. The van der Waals surface area contributed by atoms with Gasteiger partial charge in [-0.1, -0.05) is 18.7 Å². The molecule has 6 nitrogen and oxygen atoms in total. The molecule has 1 spiro atoms. The van der Waals surface area contributed by atoms with Crippen molar-refractivity contribution < 1.29 is 9.59 Å².